The molecule has 4 rings (SSSR count). The number of aromatic amines is 1. The lowest BCUT2D eigenvalue weighted by Crippen LogP contribution is -2.65. The fourth-order valence-electron chi connectivity index (χ4n) is 5.27. The summed E-state index contributed by atoms with van der Waals surface area (Å²) < 4.78 is 41.9. The van der Waals surface area contributed by atoms with E-state index in [0.29, 0.717) is 0 Å². The van der Waals surface area contributed by atoms with E-state index in [2.05, 4.69) is 10.3 Å². The van der Waals surface area contributed by atoms with E-state index in [1.807, 2.05) is 0 Å². The summed E-state index contributed by atoms with van der Waals surface area (Å²) in [6.07, 6.45) is -5.12. The Hall–Kier alpha value is -3.25. The molecule has 0 radical (unpaired) electrons. The third-order valence-electron chi connectivity index (χ3n) is 6.75. The number of ether oxygens (including phenoxy) is 7. The first kappa shape index (κ1) is 32.7. The van der Waals surface area contributed by atoms with Crippen LogP contribution in [0.3, 0.4) is 0 Å². The molecule has 17 heteroatoms. The first-order chi connectivity index (χ1) is 20.1. The number of H-pyrrole nitrogens is 1. The molecule has 3 aliphatic heterocycles. The smallest absolute Gasteiger partial charge is 0.330 e. The van der Waals surface area contributed by atoms with Gasteiger partial charge in [0.25, 0.3) is 5.56 Å². The van der Waals surface area contributed by atoms with Crippen molar-refractivity contribution < 1.29 is 52.3 Å². The number of carbonyl (C=O) groups is 4. The maximum absolute atomic E-state index is 12.6. The zero-order valence-electron chi connectivity index (χ0n) is 24.4. The Morgan fingerprint density at radius 2 is 1.60 bits per heavy atom. The summed E-state index contributed by atoms with van der Waals surface area (Å²) in [6.45, 7) is 7.89. The molecule has 2 N–H and O–H groups in total. The Labute approximate surface area is 250 Å². The molecule has 3 aliphatic rings. The van der Waals surface area contributed by atoms with Crippen LogP contribution >= 0.6 is 11.8 Å². The van der Waals surface area contributed by atoms with Crippen molar-refractivity contribution in [2.75, 3.05) is 12.4 Å². The Bertz CT molecular complexity index is 1350. The Balaban J connectivity index is 1.62. The van der Waals surface area contributed by atoms with Crippen molar-refractivity contribution in [3.63, 3.8) is 0 Å². The number of aromatic nitrogens is 2. The summed E-state index contributed by atoms with van der Waals surface area (Å²) in [4.78, 5) is 74.3. The second kappa shape index (κ2) is 13.2. The van der Waals surface area contributed by atoms with Crippen LogP contribution in [-0.2, 0) is 52.3 Å². The highest BCUT2D eigenvalue weighted by Gasteiger charge is 2.57. The van der Waals surface area contributed by atoms with Crippen LogP contribution in [0.15, 0.2) is 21.9 Å². The van der Waals surface area contributed by atoms with Crippen LogP contribution in [-0.4, -0.2) is 99.6 Å². The first-order valence-electron chi connectivity index (χ1n) is 13.5. The number of rotatable bonds is 9. The molecule has 1 aromatic heterocycles. The van der Waals surface area contributed by atoms with Gasteiger partial charge >= 0.3 is 23.6 Å². The quantitative estimate of drug-likeness (QED) is 0.258. The van der Waals surface area contributed by atoms with Gasteiger partial charge in [-0.15, -0.1) is 11.8 Å². The van der Waals surface area contributed by atoms with Crippen molar-refractivity contribution in [2.24, 2.45) is 0 Å². The molecule has 0 bridgehead atoms. The Kier molecular flexibility index (Phi) is 10.0. The molecule has 9 atom stereocenters. The van der Waals surface area contributed by atoms with Gasteiger partial charge in [-0.1, -0.05) is 0 Å². The van der Waals surface area contributed by atoms with Gasteiger partial charge < -0.3 is 38.5 Å². The predicted molar refractivity (Wildman–Crippen MR) is 146 cm³/mol. The maximum Gasteiger partial charge on any atom is 0.330 e. The van der Waals surface area contributed by atoms with Gasteiger partial charge in [-0.25, -0.2) is 4.79 Å². The molecule has 3 saturated heterocycles. The largest absolute Gasteiger partial charge is 0.463 e. The van der Waals surface area contributed by atoms with Gasteiger partial charge in [0.05, 0.1) is 6.10 Å². The molecule has 1 amide bonds. The number of amides is 1. The van der Waals surface area contributed by atoms with Gasteiger partial charge in [0.1, 0.15) is 36.4 Å². The van der Waals surface area contributed by atoms with Crippen molar-refractivity contribution in [1.29, 1.82) is 0 Å². The van der Waals surface area contributed by atoms with E-state index in [0.717, 1.165) is 6.92 Å². The standard InChI is InChI=1S/C26H35N3O13S/c1-11(30)27-18-21(38-14(4)33)19(37-13(3)32)15(9-36-12(2)31)40-24(18)43-10-16-20-22(42-26(5,6)41-20)23(39-16)29-8-7-17(34)28-25(29)35/h7-8,15-16,18-24H,9-10H2,1-6H3,(H,27,30)(H,28,34,35)/t15-,16-,18-,19-,20-,21-,22-,23-,24+/m1/s1. The Morgan fingerprint density at radius 1 is 0.953 bits per heavy atom. The van der Waals surface area contributed by atoms with Crippen molar-refractivity contribution in [2.45, 2.75) is 102 Å². The van der Waals surface area contributed by atoms with Crippen LogP contribution in [0, 0.1) is 0 Å². The maximum atomic E-state index is 12.6. The van der Waals surface area contributed by atoms with E-state index in [1.54, 1.807) is 13.8 Å². The van der Waals surface area contributed by atoms with Crippen molar-refractivity contribution in [1.82, 2.24) is 14.9 Å². The minimum atomic E-state index is -1.22. The molecule has 238 valence electrons. The third kappa shape index (κ3) is 7.83. The molecule has 16 nitrogen and oxygen atoms in total. The van der Waals surface area contributed by atoms with Crippen LogP contribution < -0.4 is 16.6 Å². The van der Waals surface area contributed by atoms with Gasteiger partial charge in [-0.2, -0.15) is 0 Å². The lowest BCUT2D eigenvalue weighted by atomic mass is 9.97. The SMILES string of the molecule is CC(=O)N[C@@H]1[C@@H](OC(C)=O)[C@H](OC(C)=O)[C@@H](COC(C)=O)O[C@H]1SC[C@H]1O[C@@H](n2ccc(=O)[nH]c2=O)[C@@H]2OC(C)(C)O[C@@H]21. The van der Waals surface area contributed by atoms with Crippen LogP contribution in [0.5, 0.6) is 0 Å². The van der Waals surface area contributed by atoms with Crippen LogP contribution in [0.4, 0.5) is 0 Å². The van der Waals surface area contributed by atoms with Crippen molar-refractivity contribution >= 4 is 35.6 Å². The lowest BCUT2D eigenvalue weighted by molar-refractivity contribution is -0.212. The topological polar surface area (TPSA) is 200 Å². The Morgan fingerprint density at radius 3 is 2.21 bits per heavy atom. The van der Waals surface area contributed by atoms with Crippen LogP contribution in [0.1, 0.15) is 47.8 Å². The fraction of sp³-hybridized carbons (Fsp3) is 0.692. The molecule has 0 aromatic carbocycles. The molecule has 3 fully saturated rings. The van der Waals surface area contributed by atoms with Gasteiger partial charge in [-0.3, -0.25) is 33.5 Å². The first-order valence-corrected chi connectivity index (χ1v) is 14.5. The van der Waals surface area contributed by atoms with E-state index < -0.39 is 95.2 Å². The second-order valence-corrected chi connectivity index (χ2v) is 11.8. The average molecular weight is 630 g/mol. The number of hydrogen-bond acceptors (Lipinski definition) is 14. The summed E-state index contributed by atoms with van der Waals surface area (Å²) in [5, 5.41) is 2.72. The minimum Gasteiger partial charge on any atom is -0.463 e. The van der Waals surface area contributed by atoms with E-state index in [9.17, 15) is 28.8 Å². The number of esters is 3. The summed E-state index contributed by atoms with van der Waals surface area (Å²) in [5.41, 5.74) is -2.18. The molecular formula is C26H35N3O13S. The van der Waals surface area contributed by atoms with Gasteiger partial charge in [0.2, 0.25) is 5.91 Å². The predicted octanol–water partition coefficient (Wildman–Crippen LogP) is -0.657. The highest BCUT2D eigenvalue weighted by atomic mass is 32.2. The average Bonchev–Trinajstić information content (AvgIpc) is 3.36. The van der Waals surface area contributed by atoms with Gasteiger partial charge in [-0.05, 0) is 13.8 Å². The molecular weight excluding hydrogens is 594 g/mol. The molecule has 4 heterocycles. The third-order valence-corrected chi connectivity index (χ3v) is 8.00. The number of nitrogens with one attached hydrogen (secondary N) is 2. The normalized spacial score (nSPS) is 32.8. The molecule has 0 spiro atoms. The zero-order chi connectivity index (χ0) is 31.6. The highest BCUT2D eigenvalue weighted by Crippen LogP contribution is 2.44. The van der Waals surface area contributed by atoms with E-state index in [4.69, 9.17) is 33.2 Å². The summed E-state index contributed by atoms with van der Waals surface area (Å²) >= 11 is 1.17. The second-order valence-electron chi connectivity index (χ2n) is 10.7. The van der Waals surface area contributed by atoms with Gasteiger partial charge in [0.15, 0.2) is 24.2 Å². The molecule has 43 heavy (non-hydrogen) atoms. The molecule has 1 aromatic rings. The number of carbonyl (C=O) groups excluding carboxylic acids is 4. The lowest BCUT2D eigenvalue weighted by Gasteiger charge is -2.45. The van der Waals surface area contributed by atoms with E-state index in [1.165, 1.54) is 49.4 Å². The zero-order valence-corrected chi connectivity index (χ0v) is 25.2. The summed E-state index contributed by atoms with van der Waals surface area (Å²) in [5.74, 6) is -3.33. The number of nitrogens with zero attached hydrogens (tertiary/aromatic N) is 1. The minimum absolute atomic E-state index is 0.168. The summed E-state index contributed by atoms with van der Waals surface area (Å²) in [6, 6.07) is 0.186. The van der Waals surface area contributed by atoms with E-state index in [-0.39, 0.29) is 12.4 Å². The molecule has 0 saturated carbocycles. The van der Waals surface area contributed by atoms with Crippen molar-refractivity contribution in [3.05, 3.63) is 33.1 Å². The number of thioether (sulfide) groups is 1. The van der Waals surface area contributed by atoms with E-state index >= 15 is 0 Å². The van der Waals surface area contributed by atoms with Crippen LogP contribution in [0.25, 0.3) is 0 Å². The molecule has 0 unspecified atom stereocenters. The monoisotopic (exact) mass is 629 g/mol. The molecule has 0 aliphatic carbocycles. The fourth-order valence-corrected chi connectivity index (χ4v) is 6.57. The van der Waals surface area contributed by atoms with Gasteiger partial charge in [0, 0.05) is 45.7 Å². The highest BCUT2D eigenvalue weighted by molar-refractivity contribution is 7.99. The van der Waals surface area contributed by atoms with Crippen molar-refractivity contribution in [3.8, 4) is 0 Å². The summed E-state index contributed by atoms with van der Waals surface area (Å²) in [7, 11) is 0. The van der Waals surface area contributed by atoms with Crippen LogP contribution in [0.2, 0.25) is 0 Å². The number of hydrogen-bond donors (Lipinski definition) is 2. The number of fused-ring (bicyclic) bond motifs is 1.